The lowest BCUT2D eigenvalue weighted by Crippen LogP contribution is -2.34. The van der Waals surface area contributed by atoms with E-state index < -0.39 is 0 Å². The number of ether oxygens (including phenoxy) is 1. The molecule has 1 aliphatic heterocycles. The van der Waals surface area contributed by atoms with Crippen molar-refractivity contribution in [3.8, 4) is 0 Å². The first-order valence-corrected chi connectivity index (χ1v) is 6.84. The number of rotatable bonds is 4. The van der Waals surface area contributed by atoms with Gasteiger partial charge in [-0.15, -0.1) is 0 Å². The number of hydrogen-bond donors (Lipinski definition) is 0. The van der Waals surface area contributed by atoms with Crippen molar-refractivity contribution in [2.45, 2.75) is 59.0 Å². The van der Waals surface area contributed by atoms with E-state index >= 15 is 0 Å². The summed E-state index contributed by atoms with van der Waals surface area (Å²) < 4.78 is 5.54. The summed E-state index contributed by atoms with van der Waals surface area (Å²) in [6.07, 6.45) is 6.76. The van der Waals surface area contributed by atoms with Gasteiger partial charge >= 0.3 is 0 Å². The molecule has 0 atom stereocenters. The summed E-state index contributed by atoms with van der Waals surface area (Å²) in [6.45, 7) is 8.89. The van der Waals surface area contributed by atoms with E-state index in [4.69, 9.17) is 9.57 Å². The summed E-state index contributed by atoms with van der Waals surface area (Å²) in [7, 11) is 0. The Morgan fingerprint density at radius 1 is 1.06 bits per heavy atom. The van der Waals surface area contributed by atoms with Crippen LogP contribution in [-0.4, -0.2) is 31.0 Å². The Hall–Kier alpha value is -0.120. The lowest BCUT2D eigenvalue weighted by atomic mass is 9.96. The number of nitrogens with zero attached hydrogens (tertiary/aromatic N) is 1. The van der Waals surface area contributed by atoms with Crippen molar-refractivity contribution in [3.05, 3.63) is 0 Å². The van der Waals surface area contributed by atoms with E-state index in [0.29, 0.717) is 12.9 Å². The zero-order valence-corrected chi connectivity index (χ0v) is 11.1. The molecule has 0 radical (unpaired) electrons. The van der Waals surface area contributed by atoms with Crippen molar-refractivity contribution in [2.75, 3.05) is 19.9 Å². The topological polar surface area (TPSA) is 21.7 Å². The summed E-state index contributed by atoms with van der Waals surface area (Å²) in [5, 5.41) is 2.05. The van der Waals surface area contributed by atoms with Crippen LogP contribution in [0.2, 0.25) is 0 Å². The van der Waals surface area contributed by atoms with E-state index in [9.17, 15) is 0 Å². The maximum Gasteiger partial charge on any atom is 0.167 e. The van der Waals surface area contributed by atoms with Gasteiger partial charge in [0, 0.05) is 13.1 Å². The highest BCUT2D eigenvalue weighted by Crippen LogP contribution is 2.22. The third-order valence-corrected chi connectivity index (χ3v) is 3.33. The molecule has 3 nitrogen and oxygen atoms in total. The SMILES string of the molecule is CC.CC1CCN(OCOC2CCC2)CC1. The molecule has 1 aliphatic carbocycles. The van der Waals surface area contributed by atoms with Crippen LogP contribution in [0.15, 0.2) is 0 Å². The van der Waals surface area contributed by atoms with E-state index in [-0.39, 0.29) is 0 Å². The van der Waals surface area contributed by atoms with Crippen molar-refractivity contribution >= 4 is 0 Å². The van der Waals surface area contributed by atoms with Crippen LogP contribution in [0, 0.1) is 5.92 Å². The minimum absolute atomic E-state index is 0.457. The molecule has 1 heterocycles. The van der Waals surface area contributed by atoms with Gasteiger partial charge in [0.15, 0.2) is 6.79 Å². The van der Waals surface area contributed by atoms with Gasteiger partial charge in [-0.05, 0) is 38.0 Å². The second-order valence-corrected chi connectivity index (χ2v) is 4.58. The van der Waals surface area contributed by atoms with Gasteiger partial charge in [0.1, 0.15) is 0 Å². The van der Waals surface area contributed by atoms with Gasteiger partial charge < -0.3 is 4.74 Å². The molecule has 0 aromatic heterocycles. The Morgan fingerprint density at radius 2 is 1.69 bits per heavy atom. The Balaban J connectivity index is 0.000000606. The highest BCUT2D eigenvalue weighted by atomic mass is 16.8. The number of piperidine rings is 1. The lowest BCUT2D eigenvalue weighted by Gasteiger charge is -2.31. The van der Waals surface area contributed by atoms with Crippen LogP contribution in [-0.2, 0) is 9.57 Å². The first-order valence-electron chi connectivity index (χ1n) is 6.84. The van der Waals surface area contributed by atoms with Gasteiger partial charge in [0.05, 0.1) is 6.10 Å². The monoisotopic (exact) mass is 229 g/mol. The largest absolute Gasteiger partial charge is 0.350 e. The quantitative estimate of drug-likeness (QED) is 0.691. The predicted octanol–water partition coefficient (Wildman–Crippen LogP) is 3.20. The van der Waals surface area contributed by atoms with Gasteiger partial charge in [-0.2, -0.15) is 5.06 Å². The Labute approximate surface area is 100 Å². The Bertz CT molecular complexity index is 163. The molecular weight excluding hydrogens is 202 g/mol. The lowest BCUT2D eigenvalue weighted by molar-refractivity contribution is -0.249. The molecule has 1 saturated heterocycles. The van der Waals surface area contributed by atoms with Gasteiger partial charge in [-0.25, -0.2) is 0 Å². The van der Waals surface area contributed by atoms with E-state index in [1.165, 1.54) is 32.1 Å². The van der Waals surface area contributed by atoms with Crippen LogP contribution in [0.5, 0.6) is 0 Å². The van der Waals surface area contributed by atoms with E-state index in [1.54, 1.807) is 0 Å². The van der Waals surface area contributed by atoms with Crippen LogP contribution in [0.1, 0.15) is 52.9 Å². The minimum atomic E-state index is 0.457. The van der Waals surface area contributed by atoms with Crippen molar-refractivity contribution in [1.82, 2.24) is 5.06 Å². The molecule has 3 heteroatoms. The predicted molar refractivity (Wildman–Crippen MR) is 66.0 cm³/mol. The standard InChI is InChI=1S/C11H21NO2.C2H6/c1-10-5-7-12(8-6-10)14-9-13-11-3-2-4-11;1-2/h10-11H,2-9H2,1H3;1-2H3. The number of hydroxylamine groups is 2. The van der Waals surface area contributed by atoms with Gasteiger partial charge in [-0.3, -0.25) is 4.84 Å². The fourth-order valence-corrected chi connectivity index (χ4v) is 1.85. The zero-order valence-electron chi connectivity index (χ0n) is 11.1. The van der Waals surface area contributed by atoms with Gasteiger partial charge in [-0.1, -0.05) is 20.8 Å². The highest BCUT2D eigenvalue weighted by molar-refractivity contribution is 4.68. The van der Waals surface area contributed by atoms with Gasteiger partial charge in [0.25, 0.3) is 0 Å². The normalized spacial score (nSPS) is 23.4. The third kappa shape index (κ3) is 4.81. The molecule has 0 unspecified atom stereocenters. The molecule has 0 aromatic carbocycles. The van der Waals surface area contributed by atoms with Crippen LogP contribution in [0.25, 0.3) is 0 Å². The molecule has 16 heavy (non-hydrogen) atoms. The molecule has 2 fully saturated rings. The summed E-state index contributed by atoms with van der Waals surface area (Å²) in [5.74, 6) is 0.863. The molecule has 0 amide bonds. The molecule has 2 aliphatic rings. The van der Waals surface area contributed by atoms with Crippen molar-refractivity contribution < 1.29 is 9.57 Å². The fourth-order valence-electron chi connectivity index (χ4n) is 1.85. The second-order valence-electron chi connectivity index (χ2n) is 4.58. The number of hydrogen-bond acceptors (Lipinski definition) is 3. The summed E-state index contributed by atoms with van der Waals surface area (Å²) >= 11 is 0. The fraction of sp³-hybridized carbons (Fsp3) is 1.00. The average Bonchev–Trinajstić information content (AvgIpc) is 2.27. The third-order valence-electron chi connectivity index (χ3n) is 3.33. The zero-order chi connectivity index (χ0) is 11.8. The van der Waals surface area contributed by atoms with Crippen LogP contribution < -0.4 is 0 Å². The van der Waals surface area contributed by atoms with Crippen molar-refractivity contribution in [1.29, 1.82) is 0 Å². The van der Waals surface area contributed by atoms with E-state index in [2.05, 4.69) is 12.0 Å². The molecule has 0 bridgehead atoms. The first kappa shape index (κ1) is 13.9. The molecule has 1 saturated carbocycles. The summed E-state index contributed by atoms with van der Waals surface area (Å²) in [6, 6.07) is 0. The first-order chi connectivity index (χ1) is 7.84. The van der Waals surface area contributed by atoms with Crippen LogP contribution in [0.3, 0.4) is 0 Å². The maximum absolute atomic E-state index is 5.55. The van der Waals surface area contributed by atoms with Crippen molar-refractivity contribution in [2.24, 2.45) is 5.92 Å². The Kier molecular flexibility index (Phi) is 7.01. The molecule has 0 spiro atoms. The van der Waals surface area contributed by atoms with E-state index in [1.807, 2.05) is 13.8 Å². The van der Waals surface area contributed by atoms with Crippen molar-refractivity contribution in [3.63, 3.8) is 0 Å². The molecule has 0 N–H and O–H groups in total. The second kappa shape index (κ2) is 8.04. The van der Waals surface area contributed by atoms with Crippen LogP contribution >= 0.6 is 0 Å². The van der Waals surface area contributed by atoms with Crippen LogP contribution in [0.4, 0.5) is 0 Å². The maximum atomic E-state index is 5.55. The summed E-state index contributed by atoms with van der Waals surface area (Å²) in [5.41, 5.74) is 0. The highest BCUT2D eigenvalue weighted by Gasteiger charge is 2.19. The smallest absolute Gasteiger partial charge is 0.167 e. The minimum Gasteiger partial charge on any atom is -0.350 e. The summed E-state index contributed by atoms with van der Waals surface area (Å²) in [4.78, 5) is 5.55. The molecule has 0 aromatic rings. The average molecular weight is 229 g/mol. The molecule has 96 valence electrons. The Morgan fingerprint density at radius 3 is 2.19 bits per heavy atom. The van der Waals surface area contributed by atoms with Gasteiger partial charge in [0.2, 0.25) is 0 Å². The van der Waals surface area contributed by atoms with E-state index in [0.717, 1.165) is 19.0 Å². The molecule has 2 rings (SSSR count). The molecular formula is C13H27NO2.